The molecule has 0 unspecified atom stereocenters. The molecule has 0 radical (unpaired) electrons. The Morgan fingerprint density at radius 1 is 1.13 bits per heavy atom. The summed E-state index contributed by atoms with van der Waals surface area (Å²) < 4.78 is 6.73. The number of halogens is 1. The molecule has 2 aromatic rings. The van der Waals surface area contributed by atoms with E-state index in [2.05, 4.69) is 40.9 Å². The number of amides is 1. The van der Waals surface area contributed by atoms with Gasteiger partial charge >= 0.3 is 0 Å². The zero-order chi connectivity index (χ0) is 16.5. The molecule has 0 spiro atoms. The minimum absolute atomic E-state index is 0.00878. The number of ether oxygens (including phenoxy) is 1. The van der Waals surface area contributed by atoms with Gasteiger partial charge in [0, 0.05) is 10.1 Å². The van der Waals surface area contributed by atoms with Gasteiger partial charge in [0.15, 0.2) is 0 Å². The van der Waals surface area contributed by atoms with Crippen LogP contribution in [0.5, 0.6) is 5.75 Å². The molecule has 0 aliphatic heterocycles. The highest BCUT2D eigenvalue weighted by atomic mass is 127. The second-order valence-electron chi connectivity index (χ2n) is 5.30. The fourth-order valence-corrected chi connectivity index (χ4v) is 2.92. The minimum Gasteiger partial charge on any atom is -0.493 e. The summed E-state index contributed by atoms with van der Waals surface area (Å²) in [5.74, 6) is 0.948. The standard InChI is InChI=1S/C19H22INO2/c1-2-14-23-18-12-6-3-8-15(18)9-7-13-21-19(22)16-10-4-5-11-17(16)20/h3-6,8,10-12H,2,7,9,13-14H2,1H3,(H,21,22). The van der Waals surface area contributed by atoms with Crippen LogP contribution in [0.25, 0.3) is 0 Å². The van der Waals surface area contributed by atoms with Crippen LogP contribution in [0.4, 0.5) is 0 Å². The molecular weight excluding hydrogens is 401 g/mol. The van der Waals surface area contributed by atoms with Gasteiger partial charge in [-0.25, -0.2) is 0 Å². The van der Waals surface area contributed by atoms with Crippen LogP contribution in [0.15, 0.2) is 48.5 Å². The highest BCUT2D eigenvalue weighted by Crippen LogP contribution is 2.19. The molecule has 4 heteroatoms. The predicted molar refractivity (Wildman–Crippen MR) is 102 cm³/mol. The molecule has 0 saturated heterocycles. The first kappa shape index (κ1) is 17.8. The van der Waals surface area contributed by atoms with E-state index < -0.39 is 0 Å². The Kier molecular flexibility index (Phi) is 7.39. The molecule has 3 nitrogen and oxygen atoms in total. The van der Waals surface area contributed by atoms with E-state index in [4.69, 9.17) is 4.74 Å². The average molecular weight is 423 g/mol. The van der Waals surface area contributed by atoms with Crippen molar-refractivity contribution in [2.45, 2.75) is 26.2 Å². The summed E-state index contributed by atoms with van der Waals surface area (Å²) >= 11 is 2.19. The number of carbonyl (C=O) groups is 1. The van der Waals surface area contributed by atoms with Gasteiger partial charge in [0.05, 0.1) is 12.2 Å². The van der Waals surface area contributed by atoms with Crippen LogP contribution < -0.4 is 10.1 Å². The normalized spacial score (nSPS) is 10.3. The van der Waals surface area contributed by atoms with E-state index in [1.54, 1.807) is 0 Å². The Morgan fingerprint density at radius 2 is 1.87 bits per heavy atom. The van der Waals surface area contributed by atoms with Gasteiger partial charge in [-0.05, 0) is 65.6 Å². The van der Waals surface area contributed by atoms with Crippen LogP contribution in [0.3, 0.4) is 0 Å². The summed E-state index contributed by atoms with van der Waals surface area (Å²) in [4.78, 5) is 12.1. The Labute approximate surface area is 151 Å². The molecule has 0 aromatic heterocycles. The maximum Gasteiger partial charge on any atom is 0.252 e. The van der Waals surface area contributed by atoms with Crippen LogP contribution in [0, 0.1) is 3.57 Å². The Balaban J connectivity index is 1.82. The zero-order valence-electron chi connectivity index (χ0n) is 13.3. The smallest absolute Gasteiger partial charge is 0.252 e. The van der Waals surface area contributed by atoms with Crippen molar-refractivity contribution < 1.29 is 9.53 Å². The van der Waals surface area contributed by atoms with E-state index in [1.807, 2.05) is 42.5 Å². The number of para-hydroxylation sites is 1. The average Bonchev–Trinajstić information content (AvgIpc) is 2.58. The summed E-state index contributed by atoms with van der Waals surface area (Å²) in [6.45, 7) is 3.50. The van der Waals surface area contributed by atoms with Gasteiger partial charge in [-0.2, -0.15) is 0 Å². The number of aryl methyl sites for hydroxylation is 1. The molecule has 2 aromatic carbocycles. The molecular formula is C19H22INO2. The second kappa shape index (κ2) is 9.55. The monoisotopic (exact) mass is 423 g/mol. The Hall–Kier alpha value is -1.56. The molecule has 0 aliphatic rings. The summed E-state index contributed by atoms with van der Waals surface area (Å²) in [5, 5.41) is 2.99. The number of nitrogens with one attached hydrogen (secondary N) is 1. The molecule has 122 valence electrons. The van der Waals surface area contributed by atoms with E-state index in [9.17, 15) is 4.79 Å². The highest BCUT2D eigenvalue weighted by molar-refractivity contribution is 14.1. The van der Waals surface area contributed by atoms with Crippen molar-refractivity contribution >= 4 is 28.5 Å². The summed E-state index contributed by atoms with van der Waals surface area (Å²) in [5.41, 5.74) is 1.93. The highest BCUT2D eigenvalue weighted by Gasteiger charge is 2.08. The lowest BCUT2D eigenvalue weighted by atomic mass is 10.1. The largest absolute Gasteiger partial charge is 0.493 e. The maximum absolute atomic E-state index is 12.1. The molecule has 0 atom stereocenters. The number of carbonyl (C=O) groups excluding carboxylic acids is 1. The molecule has 0 bridgehead atoms. The summed E-state index contributed by atoms with van der Waals surface area (Å²) in [6.07, 6.45) is 2.79. The Bertz CT molecular complexity index is 643. The van der Waals surface area contributed by atoms with E-state index in [0.29, 0.717) is 6.54 Å². The molecule has 1 N–H and O–H groups in total. The topological polar surface area (TPSA) is 38.3 Å². The molecule has 23 heavy (non-hydrogen) atoms. The lowest BCUT2D eigenvalue weighted by molar-refractivity contribution is 0.0952. The van der Waals surface area contributed by atoms with Crippen molar-refractivity contribution in [1.82, 2.24) is 5.32 Å². The fourth-order valence-electron chi connectivity index (χ4n) is 2.28. The first-order chi connectivity index (χ1) is 11.2. The van der Waals surface area contributed by atoms with Gasteiger partial charge in [-0.1, -0.05) is 37.3 Å². The van der Waals surface area contributed by atoms with Gasteiger partial charge in [0.2, 0.25) is 0 Å². The molecule has 0 heterocycles. The molecule has 0 aliphatic carbocycles. The second-order valence-corrected chi connectivity index (χ2v) is 6.46. The number of hydrogen-bond donors (Lipinski definition) is 1. The molecule has 0 saturated carbocycles. The third-order valence-corrected chi connectivity index (χ3v) is 4.40. The van der Waals surface area contributed by atoms with Crippen molar-refractivity contribution in [2.75, 3.05) is 13.2 Å². The van der Waals surface area contributed by atoms with Crippen molar-refractivity contribution in [3.8, 4) is 5.75 Å². The van der Waals surface area contributed by atoms with Crippen LogP contribution in [0.2, 0.25) is 0 Å². The quantitative estimate of drug-likeness (QED) is 0.504. The van der Waals surface area contributed by atoms with Gasteiger partial charge < -0.3 is 10.1 Å². The first-order valence-corrected chi connectivity index (χ1v) is 9.03. The fraction of sp³-hybridized carbons (Fsp3) is 0.316. The van der Waals surface area contributed by atoms with E-state index in [0.717, 1.165) is 40.8 Å². The third-order valence-electron chi connectivity index (χ3n) is 3.46. The van der Waals surface area contributed by atoms with E-state index >= 15 is 0 Å². The third kappa shape index (κ3) is 5.53. The molecule has 1 amide bonds. The minimum atomic E-state index is -0.00878. The SMILES string of the molecule is CCCOc1ccccc1CCCNC(=O)c1ccccc1I. The van der Waals surface area contributed by atoms with E-state index in [1.165, 1.54) is 5.56 Å². The van der Waals surface area contributed by atoms with Crippen molar-refractivity contribution in [2.24, 2.45) is 0 Å². The number of hydrogen-bond acceptors (Lipinski definition) is 2. The lowest BCUT2D eigenvalue weighted by Crippen LogP contribution is -2.25. The summed E-state index contributed by atoms with van der Waals surface area (Å²) in [7, 11) is 0. The van der Waals surface area contributed by atoms with Crippen molar-refractivity contribution in [3.05, 3.63) is 63.2 Å². The van der Waals surface area contributed by atoms with Gasteiger partial charge in [0.25, 0.3) is 5.91 Å². The number of benzene rings is 2. The van der Waals surface area contributed by atoms with Crippen LogP contribution in [-0.2, 0) is 6.42 Å². The molecule has 0 fully saturated rings. The van der Waals surface area contributed by atoms with Gasteiger partial charge in [-0.3, -0.25) is 4.79 Å². The lowest BCUT2D eigenvalue weighted by Gasteiger charge is -2.11. The predicted octanol–water partition coefficient (Wildman–Crippen LogP) is 4.44. The molecule has 2 rings (SSSR count). The van der Waals surface area contributed by atoms with Crippen LogP contribution in [0.1, 0.15) is 35.7 Å². The van der Waals surface area contributed by atoms with Crippen LogP contribution >= 0.6 is 22.6 Å². The van der Waals surface area contributed by atoms with Gasteiger partial charge in [0.1, 0.15) is 5.75 Å². The van der Waals surface area contributed by atoms with E-state index in [-0.39, 0.29) is 5.91 Å². The van der Waals surface area contributed by atoms with Crippen LogP contribution in [-0.4, -0.2) is 19.1 Å². The number of rotatable bonds is 8. The maximum atomic E-state index is 12.1. The van der Waals surface area contributed by atoms with Crippen molar-refractivity contribution in [1.29, 1.82) is 0 Å². The van der Waals surface area contributed by atoms with Gasteiger partial charge in [-0.15, -0.1) is 0 Å². The Morgan fingerprint density at radius 3 is 2.65 bits per heavy atom. The van der Waals surface area contributed by atoms with Crippen molar-refractivity contribution in [3.63, 3.8) is 0 Å². The first-order valence-electron chi connectivity index (χ1n) is 7.95. The zero-order valence-corrected chi connectivity index (χ0v) is 15.5. The summed E-state index contributed by atoms with van der Waals surface area (Å²) in [6, 6.07) is 15.7.